The number of carbonyl (C=O) groups is 3. The predicted molar refractivity (Wildman–Crippen MR) is 135 cm³/mol. The van der Waals surface area contributed by atoms with Crippen molar-refractivity contribution in [2.45, 2.75) is 5.92 Å². The average molecular weight is 582 g/mol. The Morgan fingerprint density at radius 3 is 2.47 bits per heavy atom. The van der Waals surface area contributed by atoms with Crippen molar-refractivity contribution in [3.63, 3.8) is 0 Å². The number of benzene rings is 1. The van der Waals surface area contributed by atoms with Gasteiger partial charge in [0, 0.05) is 49.6 Å². The van der Waals surface area contributed by atoms with Gasteiger partial charge in [0.25, 0.3) is 5.91 Å². The third kappa shape index (κ3) is 4.76. The first-order valence-corrected chi connectivity index (χ1v) is 12.9. The highest BCUT2D eigenvalue weighted by atomic mass is 35.5. The number of halogens is 4. The standard InChI is InChI=1S/C23H19Cl2F2N7O3S/c24-15-3-2-13(6-16(15)25)23(26,27)20(37)32-31-18(35)14-8-33(19(36)17-7-28-12-38-17)9-22(14)10-34(11-22)21-29-4-1-5-30-21/h1-7,12,14H,8-11H2,(H,31,35)(H,32,37). The van der Waals surface area contributed by atoms with Gasteiger partial charge in [-0.25, -0.2) is 9.97 Å². The van der Waals surface area contributed by atoms with Crippen LogP contribution in [0.15, 0.2) is 48.4 Å². The quantitative estimate of drug-likeness (QED) is 0.444. The van der Waals surface area contributed by atoms with Crippen LogP contribution in [0, 0.1) is 11.3 Å². The number of alkyl halides is 2. The van der Waals surface area contributed by atoms with Crippen LogP contribution in [0.4, 0.5) is 14.7 Å². The van der Waals surface area contributed by atoms with Crippen molar-refractivity contribution in [3.8, 4) is 0 Å². The number of hydrogen-bond acceptors (Lipinski definition) is 8. The first-order chi connectivity index (χ1) is 18.1. The minimum atomic E-state index is -4.00. The molecule has 0 radical (unpaired) electrons. The zero-order valence-electron chi connectivity index (χ0n) is 19.4. The smallest absolute Gasteiger partial charge is 0.339 e. The second-order valence-corrected chi connectivity index (χ2v) is 10.7. The van der Waals surface area contributed by atoms with Crippen molar-refractivity contribution in [2.24, 2.45) is 11.3 Å². The number of nitrogens with zero attached hydrogens (tertiary/aromatic N) is 5. The Labute approximate surface area is 228 Å². The molecule has 1 atom stereocenters. The van der Waals surface area contributed by atoms with Crippen LogP contribution in [0.25, 0.3) is 0 Å². The molecule has 2 aliphatic rings. The lowest BCUT2D eigenvalue weighted by atomic mass is 9.71. The molecule has 1 spiro atoms. The highest BCUT2D eigenvalue weighted by Gasteiger charge is 2.58. The number of hydrazine groups is 1. The Hall–Kier alpha value is -3.42. The second-order valence-electron chi connectivity index (χ2n) is 9.02. The number of thiazole rings is 1. The van der Waals surface area contributed by atoms with Gasteiger partial charge in [-0.2, -0.15) is 8.78 Å². The molecule has 2 saturated heterocycles. The minimum Gasteiger partial charge on any atom is -0.339 e. The second kappa shape index (κ2) is 10.0. The monoisotopic (exact) mass is 581 g/mol. The van der Waals surface area contributed by atoms with Gasteiger partial charge in [-0.15, -0.1) is 11.3 Å². The Balaban J connectivity index is 1.30. The summed E-state index contributed by atoms with van der Waals surface area (Å²) < 4.78 is 29.5. The molecule has 38 heavy (non-hydrogen) atoms. The van der Waals surface area contributed by atoms with Crippen molar-refractivity contribution < 1.29 is 23.2 Å². The van der Waals surface area contributed by atoms with Crippen LogP contribution in [0.2, 0.25) is 10.0 Å². The van der Waals surface area contributed by atoms with Gasteiger partial charge in [0.2, 0.25) is 11.9 Å². The Morgan fingerprint density at radius 2 is 1.82 bits per heavy atom. The summed E-state index contributed by atoms with van der Waals surface area (Å²) in [4.78, 5) is 54.7. The van der Waals surface area contributed by atoms with Crippen LogP contribution in [0.5, 0.6) is 0 Å². The summed E-state index contributed by atoms with van der Waals surface area (Å²) in [6.45, 7) is 0.994. The van der Waals surface area contributed by atoms with E-state index in [1.807, 2.05) is 10.3 Å². The summed E-state index contributed by atoms with van der Waals surface area (Å²) >= 11 is 12.8. The van der Waals surface area contributed by atoms with Crippen molar-refractivity contribution in [2.75, 3.05) is 31.1 Å². The van der Waals surface area contributed by atoms with E-state index in [4.69, 9.17) is 23.2 Å². The number of carbonyl (C=O) groups excluding carboxylic acids is 3. The first-order valence-electron chi connectivity index (χ1n) is 11.2. The number of likely N-dealkylation sites (tertiary alicyclic amines) is 1. The molecule has 0 saturated carbocycles. The van der Waals surface area contributed by atoms with E-state index in [1.54, 1.807) is 18.5 Å². The molecule has 3 amide bonds. The zero-order chi connectivity index (χ0) is 27.1. The molecule has 4 heterocycles. The van der Waals surface area contributed by atoms with Crippen LogP contribution in [0.1, 0.15) is 15.2 Å². The topological polar surface area (TPSA) is 120 Å². The number of hydrogen-bond donors (Lipinski definition) is 2. The molecule has 10 nitrogen and oxygen atoms in total. The van der Waals surface area contributed by atoms with Crippen LogP contribution < -0.4 is 15.8 Å². The van der Waals surface area contributed by atoms with Gasteiger partial charge in [-0.05, 0) is 18.2 Å². The zero-order valence-corrected chi connectivity index (χ0v) is 21.7. The Morgan fingerprint density at radius 1 is 1.08 bits per heavy atom. The molecule has 2 aliphatic heterocycles. The fourth-order valence-electron chi connectivity index (χ4n) is 4.70. The Kier molecular flexibility index (Phi) is 6.92. The summed E-state index contributed by atoms with van der Waals surface area (Å²) in [5.74, 6) is -7.05. The molecule has 2 fully saturated rings. The summed E-state index contributed by atoms with van der Waals surface area (Å²) in [5, 5.41) is -0.0875. The maximum Gasteiger partial charge on any atom is 0.351 e. The summed E-state index contributed by atoms with van der Waals surface area (Å²) in [7, 11) is 0. The highest BCUT2D eigenvalue weighted by Crippen LogP contribution is 2.45. The van der Waals surface area contributed by atoms with E-state index in [0.717, 1.165) is 18.2 Å². The third-order valence-electron chi connectivity index (χ3n) is 6.61. The predicted octanol–water partition coefficient (Wildman–Crippen LogP) is 2.76. The normalized spacial score (nSPS) is 18.3. The lowest BCUT2D eigenvalue weighted by Gasteiger charge is -2.50. The largest absolute Gasteiger partial charge is 0.351 e. The van der Waals surface area contributed by atoms with Gasteiger partial charge in [-0.3, -0.25) is 30.2 Å². The summed E-state index contributed by atoms with van der Waals surface area (Å²) in [6.07, 6.45) is 4.63. The first kappa shape index (κ1) is 26.2. The maximum absolute atomic E-state index is 14.7. The van der Waals surface area contributed by atoms with Gasteiger partial charge in [-0.1, -0.05) is 29.3 Å². The van der Waals surface area contributed by atoms with Gasteiger partial charge in [0.1, 0.15) is 4.88 Å². The SMILES string of the molecule is O=C(NNC(=O)C(F)(F)c1ccc(Cl)c(Cl)c1)C1CN(C(=O)c2cncs2)CC12CN(c1ncccn1)C2. The van der Waals surface area contributed by atoms with E-state index < -0.39 is 34.6 Å². The lowest BCUT2D eigenvalue weighted by Crippen LogP contribution is -2.64. The molecule has 5 rings (SSSR count). The fourth-order valence-corrected chi connectivity index (χ4v) is 5.58. The van der Waals surface area contributed by atoms with Crippen LogP contribution >= 0.6 is 34.5 Å². The van der Waals surface area contributed by atoms with Crippen LogP contribution in [-0.4, -0.2) is 63.8 Å². The molecule has 0 aliphatic carbocycles. The molecule has 1 unspecified atom stereocenters. The molecular weight excluding hydrogens is 563 g/mol. The Bertz CT molecular complexity index is 1370. The van der Waals surface area contributed by atoms with Crippen molar-refractivity contribution >= 4 is 58.2 Å². The third-order valence-corrected chi connectivity index (χ3v) is 8.11. The van der Waals surface area contributed by atoms with Gasteiger partial charge >= 0.3 is 11.8 Å². The van der Waals surface area contributed by atoms with Crippen molar-refractivity contribution in [1.82, 2.24) is 30.7 Å². The molecule has 198 valence electrons. The highest BCUT2D eigenvalue weighted by molar-refractivity contribution is 7.11. The molecular formula is C23H19Cl2F2N7O3S. The van der Waals surface area contributed by atoms with Gasteiger partial charge in [0.15, 0.2) is 0 Å². The van der Waals surface area contributed by atoms with Crippen LogP contribution in [-0.2, 0) is 15.5 Å². The number of anilines is 1. The van der Waals surface area contributed by atoms with E-state index in [9.17, 15) is 23.2 Å². The van der Waals surface area contributed by atoms with E-state index in [1.165, 1.54) is 27.9 Å². The summed E-state index contributed by atoms with van der Waals surface area (Å²) in [5.41, 5.74) is 4.10. The minimum absolute atomic E-state index is 0.0328. The van der Waals surface area contributed by atoms with E-state index in [-0.39, 0.29) is 29.0 Å². The van der Waals surface area contributed by atoms with E-state index in [0.29, 0.717) is 23.9 Å². The van der Waals surface area contributed by atoms with E-state index >= 15 is 0 Å². The molecule has 2 N–H and O–H groups in total. The van der Waals surface area contributed by atoms with Crippen molar-refractivity contribution in [3.05, 3.63) is 68.9 Å². The molecule has 15 heteroatoms. The number of amides is 3. The number of rotatable bonds is 5. The molecule has 3 aromatic rings. The molecule has 0 bridgehead atoms. The number of aromatic nitrogens is 3. The molecule has 2 aromatic heterocycles. The lowest BCUT2D eigenvalue weighted by molar-refractivity contribution is -0.150. The van der Waals surface area contributed by atoms with Gasteiger partial charge in [0.05, 0.1) is 27.7 Å². The molecule has 1 aromatic carbocycles. The maximum atomic E-state index is 14.7. The number of nitrogens with one attached hydrogen (secondary N) is 2. The van der Waals surface area contributed by atoms with Gasteiger partial charge < -0.3 is 9.80 Å². The summed E-state index contributed by atoms with van der Waals surface area (Å²) in [6, 6.07) is 4.68. The van der Waals surface area contributed by atoms with Crippen LogP contribution in [0.3, 0.4) is 0 Å². The fraction of sp³-hybridized carbons (Fsp3) is 0.304. The van der Waals surface area contributed by atoms with Crippen molar-refractivity contribution in [1.29, 1.82) is 0 Å². The average Bonchev–Trinajstić information content (AvgIpc) is 3.57. The van der Waals surface area contributed by atoms with E-state index in [2.05, 4.69) is 20.4 Å².